The van der Waals surface area contributed by atoms with Crippen LogP contribution in [0, 0.1) is 11.3 Å². The van der Waals surface area contributed by atoms with E-state index in [-0.39, 0.29) is 0 Å². The van der Waals surface area contributed by atoms with Crippen LogP contribution in [0.3, 0.4) is 0 Å². The number of benzene rings is 1. The van der Waals surface area contributed by atoms with E-state index in [9.17, 15) is 0 Å². The summed E-state index contributed by atoms with van der Waals surface area (Å²) in [5, 5.41) is 12.5. The van der Waals surface area contributed by atoms with E-state index in [1.54, 1.807) is 7.11 Å². The van der Waals surface area contributed by atoms with Crippen molar-refractivity contribution in [2.45, 2.75) is 19.5 Å². The fourth-order valence-electron chi connectivity index (χ4n) is 2.29. The summed E-state index contributed by atoms with van der Waals surface area (Å²) in [6.07, 6.45) is 0. The molecule has 1 aliphatic rings. The number of piperazine rings is 1. The van der Waals surface area contributed by atoms with Crippen molar-refractivity contribution >= 4 is 0 Å². The molecular weight excluding hydrogens is 226 g/mol. The van der Waals surface area contributed by atoms with Gasteiger partial charge in [-0.05, 0) is 24.6 Å². The Kier molecular flexibility index (Phi) is 4.19. The van der Waals surface area contributed by atoms with Crippen LogP contribution in [0.5, 0.6) is 5.75 Å². The molecule has 0 amide bonds. The molecule has 1 atom stereocenters. The maximum Gasteiger partial charge on any atom is 0.136 e. The molecule has 1 fully saturated rings. The third kappa shape index (κ3) is 2.81. The van der Waals surface area contributed by atoms with E-state index in [0.717, 1.165) is 26.2 Å². The predicted octanol–water partition coefficient (Wildman–Crippen LogP) is 1.36. The van der Waals surface area contributed by atoms with E-state index >= 15 is 0 Å². The quantitative estimate of drug-likeness (QED) is 0.873. The topological polar surface area (TPSA) is 48.3 Å². The first kappa shape index (κ1) is 12.9. The molecule has 0 saturated carbocycles. The molecule has 18 heavy (non-hydrogen) atoms. The van der Waals surface area contributed by atoms with Gasteiger partial charge in [0.25, 0.3) is 0 Å². The Hall–Kier alpha value is -1.57. The van der Waals surface area contributed by atoms with Gasteiger partial charge < -0.3 is 10.1 Å². The van der Waals surface area contributed by atoms with Crippen molar-refractivity contribution in [3.63, 3.8) is 0 Å². The van der Waals surface area contributed by atoms with Crippen LogP contribution < -0.4 is 10.1 Å². The van der Waals surface area contributed by atoms with Gasteiger partial charge in [0.1, 0.15) is 11.8 Å². The Morgan fingerprint density at radius 1 is 1.56 bits per heavy atom. The average Bonchev–Trinajstić information content (AvgIpc) is 2.41. The second-order valence-electron chi connectivity index (χ2n) is 4.67. The van der Waals surface area contributed by atoms with E-state index < -0.39 is 0 Å². The maximum atomic E-state index is 9.08. The summed E-state index contributed by atoms with van der Waals surface area (Å²) in [6, 6.07) is 8.55. The lowest BCUT2D eigenvalue weighted by Crippen LogP contribution is -2.49. The first-order valence-corrected chi connectivity index (χ1v) is 6.26. The van der Waals surface area contributed by atoms with Crippen LogP contribution in [0.15, 0.2) is 18.2 Å². The van der Waals surface area contributed by atoms with Crippen LogP contribution in [-0.4, -0.2) is 37.7 Å². The van der Waals surface area contributed by atoms with Crippen LogP contribution >= 0.6 is 0 Å². The third-order valence-corrected chi connectivity index (χ3v) is 3.41. The molecule has 1 N–H and O–H groups in total. The van der Waals surface area contributed by atoms with Crippen LogP contribution in [0.25, 0.3) is 0 Å². The third-order valence-electron chi connectivity index (χ3n) is 3.41. The largest absolute Gasteiger partial charge is 0.495 e. The summed E-state index contributed by atoms with van der Waals surface area (Å²) in [4.78, 5) is 2.43. The smallest absolute Gasteiger partial charge is 0.136 e. The predicted molar refractivity (Wildman–Crippen MR) is 70.5 cm³/mol. The molecule has 96 valence electrons. The Balaban J connectivity index is 2.12. The molecule has 1 saturated heterocycles. The van der Waals surface area contributed by atoms with E-state index in [2.05, 4.69) is 23.2 Å². The molecule has 0 aromatic heterocycles. The van der Waals surface area contributed by atoms with Gasteiger partial charge in [0.15, 0.2) is 0 Å². The molecule has 2 rings (SSSR count). The molecule has 1 aromatic rings. The average molecular weight is 245 g/mol. The van der Waals surface area contributed by atoms with Crippen LogP contribution in [0.1, 0.15) is 18.1 Å². The SMILES string of the molecule is COc1ccc(CN2CCNCC2C)cc1C#N. The number of hydrogen-bond acceptors (Lipinski definition) is 4. The minimum Gasteiger partial charge on any atom is -0.495 e. The monoisotopic (exact) mass is 245 g/mol. The minimum atomic E-state index is 0.534. The summed E-state index contributed by atoms with van der Waals surface area (Å²) in [6.45, 7) is 6.23. The highest BCUT2D eigenvalue weighted by Gasteiger charge is 2.18. The van der Waals surface area contributed by atoms with Crippen LogP contribution in [-0.2, 0) is 6.54 Å². The van der Waals surface area contributed by atoms with Gasteiger partial charge in [-0.1, -0.05) is 6.07 Å². The first-order valence-electron chi connectivity index (χ1n) is 6.26. The first-order chi connectivity index (χ1) is 8.74. The van der Waals surface area contributed by atoms with Gasteiger partial charge in [0, 0.05) is 32.2 Å². The Bertz CT molecular complexity index is 453. The lowest BCUT2D eigenvalue weighted by molar-refractivity contribution is 0.165. The number of hydrogen-bond donors (Lipinski definition) is 1. The summed E-state index contributed by atoms with van der Waals surface area (Å²) in [5.74, 6) is 0.648. The zero-order chi connectivity index (χ0) is 13.0. The van der Waals surface area contributed by atoms with Crippen LogP contribution in [0.2, 0.25) is 0 Å². The van der Waals surface area contributed by atoms with Gasteiger partial charge in [-0.25, -0.2) is 0 Å². The number of methoxy groups -OCH3 is 1. The van der Waals surface area contributed by atoms with Crippen molar-refractivity contribution in [1.29, 1.82) is 5.26 Å². The summed E-state index contributed by atoms with van der Waals surface area (Å²) in [7, 11) is 1.59. The fraction of sp³-hybridized carbons (Fsp3) is 0.500. The second kappa shape index (κ2) is 5.85. The highest BCUT2D eigenvalue weighted by molar-refractivity contribution is 5.45. The van der Waals surface area contributed by atoms with Crippen molar-refractivity contribution < 1.29 is 4.74 Å². The highest BCUT2D eigenvalue weighted by atomic mass is 16.5. The van der Waals surface area contributed by atoms with Crippen molar-refractivity contribution in [1.82, 2.24) is 10.2 Å². The Morgan fingerprint density at radius 2 is 2.39 bits per heavy atom. The molecule has 0 spiro atoms. The van der Waals surface area contributed by atoms with Gasteiger partial charge in [-0.2, -0.15) is 5.26 Å². The van der Waals surface area contributed by atoms with E-state index in [1.165, 1.54) is 5.56 Å². The van der Waals surface area contributed by atoms with Crippen molar-refractivity contribution in [3.8, 4) is 11.8 Å². The molecule has 0 aliphatic carbocycles. The number of nitrogens with zero attached hydrogens (tertiary/aromatic N) is 2. The minimum absolute atomic E-state index is 0.534. The summed E-state index contributed by atoms with van der Waals surface area (Å²) in [5.41, 5.74) is 1.78. The molecule has 1 unspecified atom stereocenters. The van der Waals surface area contributed by atoms with E-state index in [0.29, 0.717) is 17.4 Å². The summed E-state index contributed by atoms with van der Waals surface area (Å²) < 4.78 is 5.16. The molecule has 1 aliphatic heterocycles. The molecular formula is C14H19N3O. The standard InChI is InChI=1S/C14H19N3O/c1-11-9-16-5-6-17(11)10-12-3-4-14(18-2)13(7-12)8-15/h3-4,7,11,16H,5-6,9-10H2,1-2H3. The summed E-state index contributed by atoms with van der Waals surface area (Å²) >= 11 is 0. The lowest BCUT2D eigenvalue weighted by Gasteiger charge is -2.33. The van der Waals surface area contributed by atoms with E-state index in [1.807, 2.05) is 18.2 Å². The van der Waals surface area contributed by atoms with Gasteiger partial charge in [-0.3, -0.25) is 4.90 Å². The Labute approximate surface area is 108 Å². The number of nitriles is 1. The normalized spacial score (nSPS) is 20.4. The fourth-order valence-corrected chi connectivity index (χ4v) is 2.29. The molecule has 1 aromatic carbocycles. The molecule has 0 bridgehead atoms. The molecule has 4 nitrogen and oxygen atoms in total. The van der Waals surface area contributed by atoms with Gasteiger partial charge in [0.05, 0.1) is 12.7 Å². The number of ether oxygens (including phenoxy) is 1. The highest BCUT2D eigenvalue weighted by Crippen LogP contribution is 2.20. The molecule has 0 radical (unpaired) electrons. The van der Waals surface area contributed by atoms with Gasteiger partial charge in [0.2, 0.25) is 0 Å². The zero-order valence-electron chi connectivity index (χ0n) is 10.9. The van der Waals surface area contributed by atoms with Crippen molar-refractivity contribution in [2.24, 2.45) is 0 Å². The number of rotatable bonds is 3. The van der Waals surface area contributed by atoms with Gasteiger partial charge >= 0.3 is 0 Å². The molecule has 4 heteroatoms. The van der Waals surface area contributed by atoms with Crippen LogP contribution in [0.4, 0.5) is 0 Å². The zero-order valence-corrected chi connectivity index (χ0v) is 10.9. The number of nitrogens with one attached hydrogen (secondary N) is 1. The van der Waals surface area contributed by atoms with Gasteiger partial charge in [-0.15, -0.1) is 0 Å². The lowest BCUT2D eigenvalue weighted by atomic mass is 10.1. The van der Waals surface area contributed by atoms with Crippen molar-refractivity contribution in [3.05, 3.63) is 29.3 Å². The second-order valence-corrected chi connectivity index (χ2v) is 4.67. The van der Waals surface area contributed by atoms with Crippen molar-refractivity contribution in [2.75, 3.05) is 26.7 Å². The van der Waals surface area contributed by atoms with E-state index in [4.69, 9.17) is 10.00 Å². The molecule has 1 heterocycles. The Morgan fingerprint density at radius 3 is 3.06 bits per heavy atom. The maximum absolute atomic E-state index is 9.08.